The Morgan fingerprint density at radius 2 is 1.94 bits per heavy atom. The van der Waals surface area contributed by atoms with Gasteiger partial charge in [0.05, 0.1) is 11.6 Å². The summed E-state index contributed by atoms with van der Waals surface area (Å²) in [5.41, 5.74) is 5.18. The van der Waals surface area contributed by atoms with Crippen LogP contribution in [-0.2, 0) is 9.59 Å². The first-order valence-corrected chi connectivity index (χ1v) is 6.44. The number of likely N-dealkylation sites (N-methyl/N-ethyl adjacent to an activating group) is 1. The monoisotopic (exact) mass is 254 g/mol. The quantitative estimate of drug-likeness (QED) is 0.484. The van der Waals surface area contributed by atoms with E-state index in [4.69, 9.17) is 5.73 Å². The molecule has 104 valence electrons. The summed E-state index contributed by atoms with van der Waals surface area (Å²) < 4.78 is 0. The smallest absolute Gasteiger partial charge is 0.149 e. The molecule has 0 saturated carbocycles. The van der Waals surface area contributed by atoms with Crippen LogP contribution in [0.25, 0.3) is 0 Å². The van der Waals surface area contributed by atoms with Crippen LogP contribution in [0.15, 0.2) is 12.2 Å². The van der Waals surface area contributed by atoms with Gasteiger partial charge in [-0.3, -0.25) is 9.59 Å². The fourth-order valence-corrected chi connectivity index (χ4v) is 1.58. The van der Waals surface area contributed by atoms with Crippen molar-refractivity contribution in [3.8, 4) is 0 Å². The molecule has 0 radical (unpaired) electrons. The molecule has 0 aliphatic rings. The Balaban J connectivity index is 3.89. The maximum atomic E-state index is 11.4. The molecule has 0 saturated heterocycles. The van der Waals surface area contributed by atoms with Crippen molar-refractivity contribution < 1.29 is 9.59 Å². The predicted octanol–water partition coefficient (Wildman–Crippen LogP) is 1.59. The number of carbonyl (C=O) groups is 2. The van der Waals surface area contributed by atoms with Crippen molar-refractivity contribution in [1.29, 1.82) is 0 Å². The van der Waals surface area contributed by atoms with E-state index in [1.165, 1.54) is 6.92 Å². The third-order valence-corrected chi connectivity index (χ3v) is 3.46. The molecule has 0 aromatic rings. The van der Waals surface area contributed by atoms with Gasteiger partial charge in [-0.05, 0) is 53.5 Å². The van der Waals surface area contributed by atoms with Crippen molar-refractivity contribution in [3.05, 3.63) is 12.2 Å². The molecular weight excluding hydrogens is 228 g/mol. The minimum absolute atomic E-state index is 0.0130. The summed E-state index contributed by atoms with van der Waals surface area (Å²) >= 11 is 0. The number of hydrogen-bond donors (Lipinski definition) is 2. The third kappa shape index (κ3) is 6.07. The Morgan fingerprint density at radius 1 is 1.33 bits per heavy atom. The summed E-state index contributed by atoms with van der Waals surface area (Å²) in [6, 6.07) is -0.388. The summed E-state index contributed by atoms with van der Waals surface area (Å²) in [4.78, 5) is 22.4. The number of allylic oxidation sites excluding steroid dienone is 1. The molecule has 18 heavy (non-hydrogen) atoms. The molecule has 0 aromatic carbocycles. The van der Waals surface area contributed by atoms with Crippen molar-refractivity contribution in [1.82, 2.24) is 5.32 Å². The van der Waals surface area contributed by atoms with E-state index in [9.17, 15) is 9.59 Å². The highest BCUT2D eigenvalue weighted by molar-refractivity contribution is 5.85. The minimum atomic E-state index is -0.427. The second-order valence-corrected chi connectivity index (χ2v) is 4.95. The van der Waals surface area contributed by atoms with Gasteiger partial charge in [0.1, 0.15) is 11.6 Å². The minimum Gasteiger partial charge on any atom is -0.321 e. The second kappa shape index (κ2) is 8.16. The largest absolute Gasteiger partial charge is 0.321 e. The van der Waals surface area contributed by atoms with Gasteiger partial charge in [-0.25, -0.2) is 0 Å². The highest BCUT2D eigenvalue weighted by Gasteiger charge is 2.26. The van der Waals surface area contributed by atoms with Crippen molar-refractivity contribution in [3.63, 3.8) is 0 Å². The van der Waals surface area contributed by atoms with Gasteiger partial charge in [0.15, 0.2) is 0 Å². The van der Waals surface area contributed by atoms with Crippen molar-refractivity contribution in [2.24, 2.45) is 5.73 Å². The molecule has 0 heterocycles. The zero-order valence-electron chi connectivity index (χ0n) is 12.0. The number of nitrogens with one attached hydrogen (secondary N) is 1. The van der Waals surface area contributed by atoms with E-state index in [-0.39, 0.29) is 17.6 Å². The van der Waals surface area contributed by atoms with E-state index < -0.39 is 5.54 Å². The van der Waals surface area contributed by atoms with Crippen molar-refractivity contribution in [2.45, 2.75) is 58.0 Å². The normalized spacial score (nSPS) is 16.5. The second-order valence-electron chi connectivity index (χ2n) is 4.95. The van der Waals surface area contributed by atoms with Crippen LogP contribution < -0.4 is 11.1 Å². The number of unbranched alkanes of at least 4 members (excludes halogenated alkanes) is 1. The maximum absolute atomic E-state index is 11.4. The van der Waals surface area contributed by atoms with Crippen molar-refractivity contribution in [2.75, 3.05) is 7.05 Å². The van der Waals surface area contributed by atoms with Crippen LogP contribution in [0.4, 0.5) is 0 Å². The summed E-state index contributed by atoms with van der Waals surface area (Å²) in [5.74, 6) is 0.173. The van der Waals surface area contributed by atoms with Gasteiger partial charge in [0.2, 0.25) is 0 Å². The lowest BCUT2D eigenvalue weighted by Gasteiger charge is -2.25. The maximum Gasteiger partial charge on any atom is 0.149 e. The fraction of sp³-hybridized carbons (Fsp3) is 0.714. The van der Waals surface area contributed by atoms with Gasteiger partial charge < -0.3 is 11.1 Å². The number of carbonyl (C=O) groups excluding carboxylic acids is 2. The Labute approximate surface area is 110 Å². The van der Waals surface area contributed by atoms with Crippen LogP contribution in [0.5, 0.6) is 0 Å². The van der Waals surface area contributed by atoms with Gasteiger partial charge in [-0.15, -0.1) is 0 Å². The first-order valence-electron chi connectivity index (χ1n) is 6.44. The Bertz CT molecular complexity index is 313. The van der Waals surface area contributed by atoms with Crippen LogP contribution in [0.3, 0.4) is 0 Å². The number of Topliss-reactive ketones (excluding diaryl/α,β-unsaturated/α-hetero) is 2. The first kappa shape index (κ1) is 17.0. The van der Waals surface area contributed by atoms with Crippen LogP contribution in [0, 0.1) is 0 Å². The van der Waals surface area contributed by atoms with Gasteiger partial charge in [-0.1, -0.05) is 12.2 Å². The molecule has 0 spiro atoms. The summed E-state index contributed by atoms with van der Waals surface area (Å²) in [6.45, 7) is 5.03. The van der Waals surface area contributed by atoms with E-state index in [0.29, 0.717) is 6.42 Å². The summed E-state index contributed by atoms with van der Waals surface area (Å²) in [5, 5.41) is 3.06. The zero-order chi connectivity index (χ0) is 14.2. The SMILES string of the molecule is CN[C@](C)(CCCC=CC[C@H](N)C(C)=O)C(C)=O. The Morgan fingerprint density at radius 3 is 2.39 bits per heavy atom. The standard InChI is InChI=1S/C14H26N2O2/c1-11(17)13(15)9-7-5-6-8-10-14(3,16-4)12(2)18/h5,7,13,16H,6,8-10,15H2,1-4H3/t13-,14+/m0/s1. The van der Waals surface area contributed by atoms with E-state index >= 15 is 0 Å². The molecule has 2 atom stereocenters. The molecule has 0 aliphatic carbocycles. The van der Waals surface area contributed by atoms with E-state index in [0.717, 1.165) is 19.3 Å². The third-order valence-electron chi connectivity index (χ3n) is 3.46. The van der Waals surface area contributed by atoms with Crippen molar-refractivity contribution >= 4 is 11.6 Å². The zero-order valence-corrected chi connectivity index (χ0v) is 12.0. The van der Waals surface area contributed by atoms with Crippen LogP contribution >= 0.6 is 0 Å². The van der Waals surface area contributed by atoms with Crippen LogP contribution in [-0.4, -0.2) is 30.2 Å². The van der Waals surface area contributed by atoms with Crippen LogP contribution in [0.2, 0.25) is 0 Å². The molecule has 0 amide bonds. The molecule has 0 unspecified atom stereocenters. The molecule has 0 aliphatic heterocycles. The van der Waals surface area contributed by atoms with Crippen LogP contribution in [0.1, 0.15) is 46.5 Å². The average Bonchev–Trinajstić information content (AvgIpc) is 2.32. The first-order chi connectivity index (χ1) is 8.33. The highest BCUT2D eigenvalue weighted by Crippen LogP contribution is 2.14. The van der Waals surface area contributed by atoms with E-state index in [1.54, 1.807) is 6.92 Å². The molecule has 0 rings (SSSR count). The molecule has 0 bridgehead atoms. The van der Waals surface area contributed by atoms with Gasteiger partial charge in [-0.2, -0.15) is 0 Å². The molecule has 4 heteroatoms. The molecule has 4 nitrogen and oxygen atoms in total. The molecule has 3 N–H and O–H groups in total. The molecular formula is C14H26N2O2. The lowest BCUT2D eigenvalue weighted by Crippen LogP contribution is -2.46. The van der Waals surface area contributed by atoms with Gasteiger partial charge in [0, 0.05) is 0 Å². The number of rotatable bonds is 9. The highest BCUT2D eigenvalue weighted by atomic mass is 16.1. The van der Waals surface area contributed by atoms with Gasteiger partial charge in [0.25, 0.3) is 0 Å². The lowest BCUT2D eigenvalue weighted by atomic mass is 9.91. The predicted molar refractivity (Wildman–Crippen MR) is 74.4 cm³/mol. The number of ketones is 2. The molecule has 0 fully saturated rings. The fourth-order valence-electron chi connectivity index (χ4n) is 1.58. The summed E-state index contributed by atoms with van der Waals surface area (Å²) in [7, 11) is 1.81. The average molecular weight is 254 g/mol. The number of hydrogen-bond acceptors (Lipinski definition) is 4. The van der Waals surface area contributed by atoms with E-state index in [2.05, 4.69) is 5.32 Å². The Kier molecular flexibility index (Phi) is 7.71. The topological polar surface area (TPSA) is 72.2 Å². The molecule has 0 aromatic heterocycles. The van der Waals surface area contributed by atoms with Gasteiger partial charge >= 0.3 is 0 Å². The van der Waals surface area contributed by atoms with E-state index in [1.807, 2.05) is 26.1 Å². The summed E-state index contributed by atoms with van der Waals surface area (Å²) in [6.07, 6.45) is 7.20. The lowest BCUT2D eigenvalue weighted by molar-refractivity contribution is -0.122. The Hall–Kier alpha value is -1.00. The number of nitrogens with two attached hydrogens (primary N) is 1.